The van der Waals surface area contributed by atoms with E-state index in [0.29, 0.717) is 48.1 Å². The monoisotopic (exact) mass is 541 g/mol. The first-order valence-corrected chi connectivity index (χ1v) is 16.4. The van der Waals surface area contributed by atoms with E-state index < -0.39 is 16.1 Å². The molecule has 0 spiro atoms. The van der Waals surface area contributed by atoms with Gasteiger partial charge in [-0.1, -0.05) is 25.0 Å². The minimum Gasteiger partial charge on any atom is -0.392 e. The van der Waals surface area contributed by atoms with Crippen molar-refractivity contribution in [3.63, 3.8) is 0 Å². The van der Waals surface area contributed by atoms with Crippen molar-refractivity contribution in [1.82, 2.24) is 14.3 Å². The third-order valence-electron chi connectivity index (χ3n) is 11.1. The molecule has 1 aromatic heterocycles. The second kappa shape index (κ2) is 9.41. The van der Waals surface area contributed by atoms with Crippen molar-refractivity contribution in [3.8, 4) is 11.3 Å². The Kier molecular flexibility index (Phi) is 6.24. The van der Waals surface area contributed by atoms with Crippen LogP contribution >= 0.6 is 0 Å². The Morgan fingerprint density at radius 3 is 2.68 bits per heavy atom. The van der Waals surface area contributed by atoms with Crippen LogP contribution in [-0.2, 0) is 10.0 Å². The fourth-order valence-corrected chi connectivity index (χ4v) is 11.2. The van der Waals surface area contributed by atoms with Crippen molar-refractivity contribution in [2.24, 2.45) is 35.0 Å². The Bertz CT molecular complexity index is 1290. The largest absolute Gasteiger partial charge is 0.392 e. The van der Waals surface area contributed by atoms with Gasteiger partial charge in [0, 0.05) is 17.7 Å². The average molecular weight is 542 g/mol. The van der Waals surface area contributed by atoms with Crippen molar-refractivity contribution in [2.45, 2.75) is 82.8 Å². The van der Waals surface area contributed by atoms with Crippen LogP contribution < -0.4 is 4.72 Å². The number of nitrogens with one attached hydrogen (secondary N) is 1. The molecule has 206 valence electrons. The number of fused-ring (bicyclic) bond motifs is 3. The summed E-state index contributed by atoms with van der Waals surface area (Å²) >= 11 is 0. The first-order chi connectivity index (χ1) is 18.3. The van der Waals surface area contributed by atoms with Crippen molar-refractivity contribution >= 4 is 10.0 Å². The molecule has 0 amide bonds. The number of aromatic nitrogens is 2. The van der Waals surface area contributed by atoms with E-state index in [2.05, 4.69) is 9.71 Å². The van der Waals surface area contributed by atoms with Gasteiger partial charge < -0.3 is 9.67 Å². The normalized spacial score (nSPS) is 34.5. The molecule has 2 heterocycles. The maximum absolute atomic E-state index is 15.0. The Morgan fingerprint density at radius 2 is 1.92 bits per heavy atom. The first-order valence-electron chi connectivity index (χ1n) is 14.8. The lowest BCUT2D eigenvalue weighted by atomic mass is 9.44. The summed E-state index contributed by atoms with van der Waals surface area (Å²) in [6, 6.07) is 5.00. The number of imidazole rings is 1. The van der Waals surface area contributed by atoms with Crippen LogP contribution in [0.2, 0.25) is 0 Å². The average Bonchev–Trinajstić information content (AvgIpc) is 3.60. The zero-order valence-corrected chi connectivity index (χ0v) is 22.9. The standard InChI is InChI=1S/C30H40FN3O3S/c31-25-7-3-6-24-27-16-32-18-34(27)26(29(24)25)12-28(35)30-13-20-10-21(14-30)23(22(11-20)15-30)8-9-33-38(36,37)17-19-4-1-2-5-19/h3,6-7,16,18-23,26,28,33,35H,1-2,4-5,8-15,17H2. The molecule has 8 rings (SSSR count). The van der Waals surface area contributed by atoms with Crippen LogP contribution in [0.3, 0.4) is 0 Å². The van der Waals surface area contributed by atoms with E-state index in [1.807, 2.05) is 10.6 Å². The summed E-state index contributed by atoms with van der Waals surface area (Å²) in [7, 11) is -3.21. The van der Waals surface area contributed by atoms with E-state index in [0.717, 1.165) is 62.6 Å². The van der Waals surface area contributed by atoms with Gasteiger partial charge in [-0.2, -0.15) is 0 Å². The maximum Gasteiger partial charge on any atom is 0.211 e. The molecular formula is C30H40FN3O3S. The molecule has 0 saturated heterocycles. The van der Waals surface area contributed by atoms with E-state index in [1.165, 1.54) is 18.9 Å². The summed E-state index contributed by atoms with van der Waals surface area (Å²) in [6.45, 7) is 0.536. The fourth-order valence-electron chi connectivity index (χ4n) is 9.69. The zero-order valence-electron chi connectivity index (χ0n) is 22.1. The lowest BCUT2D eigenvalue weighted by Crippen LogP contribution is -2.56. The first kappa shape index (κ1) is 25.2. The van der Waals surface area contributed by atoms with Crippen molar-refractivity contribution < 1.29 is 17.9 Å². The van der Waals surface area contributed by atoms with Gasteiger partial charge in [-0.25, -0.2) is 22.5 Å². The predicted molar refractivity (Wildman–Crippen MR) is 144 cm³/mol. The maximum atomic E-state index is 15.0. The Morgan fingerprint density at radius 1 is 1.16 bits per heavy atom. The number of benzene rings is 1. The number of aliphatic hydroxyl groups is 1. The molecule has 5 saturated carbocycles. The van der Waals surface area contributed by atoms with Crippen LogP contribution in [0.4, 0.5) is 4.39 Å². The highest BCUT2D eigenvalue weighted by atomic mass is 32.2. The van der Waals surface area contributed by atoms with Gasteiger partial charge in [0.25, 0.3) is 0 Å². The molecule has 5 aliphatic carbocycles. The highest BCUT2D eigenvalue weighted by Crippen LogP contribution is 2.65. The summed E-state index contributed by atoms with van der Waals surface area (Å²) in [6.07, 6.45) is 14.4. The van der Waals surface area contributed by atoms with E-state index in [1.54, 1.807) is 18.6 Å². The van der Waals surface area contributed by atoms with E-state index in [4.69, 9.17) is 0 Å². The summed E-state index contributed by atoms with van der Waals surface area (Å²) < 4.78 is 45.2. The zero-order chi connectivity index (χ0) is 26.1. The van der Waals surface area contributed by atoms with Gasteiger partial charge in [0.1, 0.15) is 5.82 Å². The second-order valence-electron chi connectivity index (χ2n) is 13.3. The molecule has 6 aliphatic rings. The highest BCUT2D eigenvalue weighted by Gasteiger charge is 2.57. The van der Waals surface area contributed by atoms with E-state index in [9.17, 15) is 17.9 Å². The summed E-state index contributed by atoms with van der Waals surface area (Å²) in [5.74, 6) is 2.68. The Balaban J connectivity index is 1.03. The summed E-state index contributed by atoms with van der Waals surface area (Å²) in [5.41, 5.74) is 2.40. The number of nitrogens with zero attached hydrogens (tertiary/aromatic N) is 2. The van der Waals surface area contributed by atoms with Crippen LogP contribution in [0.5, 0.6) is 0 Å². The molecular weight excluding hydrogens is 501 g/mol. The van der Waals surface area contributed by atoms with Gasteiger partial charge in [0.15, 0.2) is 0 Å². The Hall–Kier alpha value is -1.77. The van der Waals surface area contributed by atoms with E-state index in [-0.39, 0.29) is 23.0 Å². The van der Waals surface area contributed by atoms with Crippen LogP contribution in [0, 0.1) is 40.8 Å². The number of aliphatic hydroxyl groups excluding tert-OH is 1. The lowest BCUT2D eigenvalue weighted by molar-refractivity contribution is -0.151. The van der Waals surface area contributed by atoms with Gasteiger partial charge >= 0.3 is 0 Å². The molecule has 2 aromatic rings. The minimum atomic E-state index is -3.21. The molecule has 0 radical (unpaired) electrons. The molecule has 1 aromatic carbocycles. The molecule has 1 aliphatic heterocycles. The number of hydrogen-bond donors (Lipinski definition) is 2. The molecule has 38 heavy (non-hydrogen) atoms. The molecule has 4 unspecified atom stereocenters. The SMILES string of the molecule is O=S(=O)(CC1CCCC1)NCCC1C2CC3CC1CC(C(O)CC1c4c(F)cccc4-c4cncn41)(C3)C2. The van der Waals surface area contributed by atoms with Crippen LogP contribution in [0.15, 0.2) is 30.7 Å². The number of halogens is 1. The highest BCUT2D eigenvalue weighted by molar-refractivity contribution is 7.89. The lowest BCUT2D eigenvalue weighted by Gasteiger charge is -2.62. The number of rotatable bonds is 9. The summed E-state index contributed by atoms with van der Waals surface area (Å²) in [4.78, 5) is 4.32. The predicted octanol–water partition coefficient (Wildman–Crippen LogP) is 5.29. The van der Waals surface area contributed by atoms with Gasteiger partial charge in [-0.15, -0.1) is 0 Å². The molecule has 5 fully saturated rings. The third-order valence-corrected chi connectivity index (χ3v) is 12.6. The number of sulfonamides is 1. The second-order valence-corrected chi connectivity index (χ2v) is 15.1. The topological polar surface area (TPSA) is 84.2 Å². The van der Waals surface area contributed by atoms with Crippen LogP contribution in [0.1, 0.15) is 82.2 Å². The minimum absolute atomic E-state index is 0.107. The molecule has 6 nitrogen and oxygen atoms in total. The molecule has 2 N–H and O–H groups in total. The third kappa shape index (κ3) is 4.26. The van der Waals surface area contributed by atoms with Gasteiger partial charge in [-0.05, 0) is 98.9 Å². The Labute approximate surface area is 225 Å². The fraction of sp³-hybridized carbons (Fsp3) is 0.700. The molecule has 4 atom stereocenters. The van der Waals surface area contributed by atoms with Gasteiger partial charge in [0.2, 0.25) is 10.0 Å². The van der Waals surface area contributed by atoms with Gasteiger partial charge in [0.05, 0.1) is 36.1 Å². The molecule has 8 heteroatoms. The quantitative estimate of drug-likeness (QED) is 0.452. The van der Waals surface area contributed by atoms with Crippen LogP contribution in [0.25, 0.3) is 11.3 Å². The van der Waals surface area contributed by atoms with Crippen LogP contribution in [-0.4, -0.2) is 41.5 Å². The van der Waals surface area contributed by atoms with Crippen molar-refractivity contribution in [2.75, 3.05) is 12.3 Å². The van der Waals surface area contributed by atoms with Crippen molar-refractivity contribution in [3.05, 3.63) is 42.1 Å². The smallest absolute Gasteiger partial charge is 0.211 e. The summed E-state index contributed by atoms with van der Waals surface area (Å²) in [5, 5.41) is 11.8. The number of hydrogen-bond acceptors (Lipinski definition) is 4. The van der Waals surface area contributed by atoms with Gasteiger partial charge in [-0.3, -0.25) is 0 Å². The molecule has 4 bridgehead atoms. The van der Waals surface area contributed by atoms with E-state index >= 15 is 0 Å². The van der Waals surface area contributed by atoms with Crippen molar-refractivity contribution in [1.29, 1.82) is 0 Å².